The molecule has 0 spiro atoms. The summed E-state index contributed by atoms with van der Waals surface area (Å²) < 4.78 is 13.6. The third kappa shape index (κ3) is 3.90. The molecule has 0 unspecified atom stereocenters. The average molecular weight is 493 g/mol. The number of hydrogen-bond donors (Lipinski definition) is 1. The molecule has 0 aromatic heterocycles. The molecule has 0 aliphatic carbocycles. The summed E-state index contributed by atoms with van der Waals surface area (Å²) in [6, 6.07) is 4.16. The van der Waals surface area contributed by atoms with Crippen LogP contribution in [0.15, 0.2) is 18.2 Å². The van der Waals surface area contributed by atoms with Crippen LogP contribution < -0.4 is 5.32 Å². The van der Waals surface area contributed by atoms with Gasteiger partial charge >= 0.3 is 0 Å². The van der Waals surface area contributed by atoms with E-state index in [1.807, 2.05) is 29.5 Å². The fraction of sp³-hybridized carbons (Fsp3) is 0.417. The molecule has 1 aromatic rings. The van der Waals surface area contributed by atoms with E-state index in [1.165, 1.54) is 18.2 Å². The van der Waals surface area contributed by atoms with Crippen LogP contribution in [0.1, 0.15) is 23.7 Å². The molecule has 100 valence electrons. The van der Waals surface area contributed by atoms with Gasteiger partial charge in [0.2, 0.25) is 0 Å². The van der Waals surface area contributed by atoms with Gasteiger partial charge in [-0.1, -0.05) is 38.8 Å². The van der Waals surface area contributed by atoms with Crippen molar-refractivity contribution in [1.82, 2.24) is 5.32 Å². The zero-order valence-electron chi connectivity index (χ0n) is 9.77. The van der Waals surface area contributed by atoms with E-state index in [0.29, 0.717) is 19.8 Å². The SMILES string of the molecule is CCC(CBr)(CBr)NC(=O)c1ccc(F)cc1I. The number of amides is 1. The molecule has 6 heteroatoms. The number of halogens is 4. The molecule has 1 amide bonds. The van der Waals surface area contributed by atoms with E-state index in [-0.39, 0.29) is 17.3 Å². The number of nitrogens with one attached hydrogen (secondary N) is 1. The van der Waals surface area contributed by atoms with Crippen molar-refractivity contribution in [2.75, 3.05) is 10.7 Å². The van der Waals surface area contributed by atoms with Crippen LogP contribution in [-0.2, 0) is 0 Å². The van der Waals surface area contributed by atoms with Gasteiger partial charge in [-0.25, -0.2) is 4.39 Å². The molecule has 0 saturated carbocycles. The Morgan fingerprint density at radius 1 is 1.44 bits per heavy atom. The highest BCUT2D eigenvalue weighted by Gasteiger charge is 2.28. The zero-order valence-corrected chi connectivity index (χ0v) is 15.1. The van der Waals surface area contributed by atoms with Crippen molar-refractivity contribution in [3.63, 3.8) is 0 Å². The molecule has 0 aliphatic rings. The van der Waals surface area contributed by atoms with Crippen LogP contribution in [0.2, 0.25) is 0 Å². The Bertz CT molecular complexity index is 430. The summed E-state index contributed by atoms with van der Waals surface area (Å²) in [7, 11) is 0. The van der Waals surface area contributed by atoms with E-state index in [2.05, 4.69) is 37.2 Å². The maximum atomic E-state index is 13.0. The number of rotatable bonds is 5. The van der Waals surface area contributed by atoms with Crippen molar-refractivity contribution >= 4 is 60.4 Å². The largest absolute Gasteiger partial charge is 0.345 e. The summed E-state index contributed by atoms with van der Waals surface area (Å²) in [5.41, 5.74) is 0.172. The topological polar surface area (TPSA) is 29.1 Å². The molecule has 0 aliphatic heterocycles. The molecule has 0 heterocycles. The second-order valence-electron chi connectivity index (χ2n) is 3.98. The van der Waals surface area contributed by atoms with Gasteiger partial charge in [0.05, 0.1) is 11.1 Å². The predicted octanol–water partition coefficient (Wildman–Crippen LogP) is 4.10. The monoisotopic (exact) mass is 491 g/mol. The lowest BCUT2D eigenvalue weighted by molar-refractivity contribution is 0.0914. The Kier molecular flexibility index (Phi) is 6.54. The quantitative estimate of drug-likeness (QED) is 0.487. The molecule has 0 saturated heterocycles. The van der Waals surface area contributed by atoms with Crippen LogP contribution >= 0.6 is 54.5 Å². The van der Waals surface area contributed by atoms with Crippen LogP contribution in [0, 0.1) is 9.39 Å². The molecule has 0 radical (unpaired) electrons. The third-order valence-electron chi connectivity index (χ3n) is 2.74. The molecule has 0 bridgehead atoms. The fourth-order valence-electron chi connectivity index (χ4n) is 1.36. The van der Waals surface area contributed by atoms with Gasteiger partial charge in [-0.3, -0.25) is 4.79 Å². The van der Waals surface area contributed by atoms with E-state index in [9.17, 15) is 9.18 Å². The molecular weight excluding hydrogens is 480 g/mol. The highest BCUT2D eigenvalue weighted by Crippen LogP contribution is 2.20. The molecule has 0 atom stereocenters. The van der Waals surface area contributed by atoms with Crippen molar-refractivity contribution < 1.29 is 9.18 Å². The summed E-state index contributed by atoms with van der Waals surface area (Å²) in [6.45, 7) is 2.01. The van der Waals surface area contributed by atoms with E-state index >= 15 is 0 Å². The number of hydrogen-bond acceptors (Lipinski definition) is 1. The van der Waals surface area contributed by atoms with Crippen LogP contribution in [0.5, 0.6) is 0 Å². The van der Waals surface area contributed by atoms with Crippen LogP contribution in [0.3, 0.4) is 0 Å². The van der Waals surface area contributed by atoms with Gasteiger partial charge in [-0.15, -0.1) is 0 Å². The first-order valence-corrected chi connectivity index (χ1v) is 8.69. The third-order valence-corrected chi connectivity index (χ3v) is 5.78. The average Bonchev–Trinajstić information content (AvgIpc) is 2.36. The fourth-order valence-corrected chi connectivity index (χ4v) is 4.09. The second-order valence-corrected chi connectivity index (χ2v) is 6.26. The summed E-state index contributed by atoms with van der Waals surface area (Å²) in [5, 5.41) is 4.31. The molecule has 1 N–H and O–H groups in total. The first-order valence-electron chi connectivity index (χ1n) is 5.37. The van der Waals surface area contributed by atoms with Gasteiger partial charge in [0.25, 0.3) is 5.91 Å². The van der Waals surface area contributed by atoms with Gasteiger partial charge in [0, 0.05) is 14.2 Å². The van der Waals surface area contributed by atoms with Gasteiger partial charge in [0.15, 0.2) is 0 Å². The molecule has 0 fully saturated rings. The van der Waals surface area contributed by atoms with E-state index in [4.69, 9.17) is 0 Å². The number of carbonyl (C=O) groups is 1. The minimum Gasteiger partial charge on any atom is -0.345 e. The van der Waals surface area contributed by atoms with Crippen LogP contribution in [-0.4, -0.2) is 22.1 Å². The van der Waals surface area contributed by atoms with Crippen LogP contribution in [0.4, 0.5) is 4.39 Å². The van der Waals surface area contributed by atoms with Crippen molar-refractivity contribution in [2.45, 2.75) is 18.9 Å². The summed E-state index contributed by atoms with van der Waals surface area (Å²) in [6.07, 6.45) is 0.799. The number of alkyl halides is 2. The van der Waals surface area contributed by atoms with Crippen molar-refractivity contribution in [3.8, 4) is 0 Å². The lowest BCUT2D eigenvalue weighted by Gasteiger charge is -2.30. The first-order chi connectivity index (χ1) is 8.48. The Morgan fingerprint density at radius 3 is 2.50 bits per heavy atom. The lowest BCUT2D eigenvalue weighted by Crippen LogP contribution is -2.51. The molecular formula is C12H13Br2FINO. The summed E-state index contributed by atoms with van der Waals surface area (Å²) >= 11 is 8.80. The summed E-state index contributed by atoms with van der Waals surface area (Å²) in [5.74, 6) is -0.515. The number of carbonyl (C=O) groups excluding carboxylic acids is 1. The van der Waals surface area contributed by atoms with Gasteiger partial charge in [-0.2, -0.15) is 0 Å². The standard InChI is InChI=1S/C12H13Br2FINO/c1-2-12(6-13,7-14)17-11(18)9-4-3-8(15)5-10(9)16/h3-5H,2,6-7H2,1H3,(H,17,18). The highest BCUT2D eigenvalue weighted by molar-refractivity contribution is 14.1. The summed E-state index contributed by atoms with van der Waals surface area (Å²) in [4.78, 5) is 12.2. The lowest BCUT2D eigenvalue weighted by atomic mass is 10.0. The van der Waals surface area contributed by atoms with E-state index in [0.717, 1.165) is 6.42 Å². The molecule has 18 heavy (non-hydrogen) atoms. The zero-order chi connectivity index (χ0) is 13.8. The van der Waals surface area contributed by atoms with Gasteiger partial charge in [-0.05, 0) is 47.2 Å². The molecule has 1 aromatic carbocycles. The molecule has 1 rings (SSSR count). The Balaban J connectivity index is 2.94. The first kappa shape index (κ1) is 16.4. The van der Waals surface area contributed by atoms with E-state index in [1.54, 1.807) is 0 Å². The van der Waals surface area contributed by atoms with Crippen LogP contribution in [0.25, 0.3) is 0 Å². The predicted molar refractivity (Wildman–Crippen MR) is 87.2 cm³/mol. The second kappa shape index (κ2) is 7.19. The van der Waals surface area contributed by atoms with Crippen molar-refractivity contribution in [1.29, 1.82) is 0 Å². The Hall–Kier alpha value is 0.310. The number of benzene rings is 1. The Morgan fingerprint density at radius 2 is 2.06 bits per heavy atom. The maximum Gasteiger partial charge on any atom is 0.252 e. The van der Waals surface area contributed by atoms with Crippen molar-refractivity contribution in [2.24, 2.45) is 0 Å². The van der Waals surface area contributed by atoms with Gasteiger partial charge < -0.3 is 5.32 Å². The minimum absolute atomic E-state index is 0.180. The Labute approximate surface area is 136 Å². The van der Waals surface area contributed by atoms with E-state index < -0.39 is 0 Å². The smallest absolute Gasteiger partial charge is 0.252 e. The highest BCUT2D eigenvalue weighted by atomic mass is 127. The van der Waals surface area contributed by atoms with Crippen molar-refractivity contribution in [3.05, 3.63) is 33.1 Å². The molecule has 2 nitrogen and oxygen atoms in total. The maximum absolute atomic E-state index is 13.0. The minimum atomic E-state index is -0.335. The van der Waals surface area contributed by atoms with Gasteiger partial charge in [0.1, 0.15) is 5.82 Å². The normalized spacial score (nSPS) is 11.4.